The van der Waals surface area contributed by atoms with Crippen molar-refractivity contribution < 1.29 is 13.9 Å². The van der Waals surface area contributed by atoms with Gasteiger partial charge in [-0.05, 0) is 31.2 Å². The smallest absolute Gasteiger partial charge is 0.270 e. The van der Waals surface area contributed by atoms with Gasteiger partial charge in [0.2, 0.25) is 0 Å². The van der Waals surface area contributed by atoms with Crippen LogP contribution in [0.4, 0.5) is 11.6 Å². The van der Waals surface area contributed by atoms with E-state index in [0.29, 0.717) is 29.8 Å². The number of hydrogen-bond acceptors (Lipinski definition) is 8. The zero-order valence-corrected chi connectivity index (χ0v) is 17.3. The van der Waals surface area contributed by atoms with Crippen LogP contribution in [0.1, 0.15) is 27.8 Å². The van der Waals surface area contributed by atoms with E-state index < -0.39 is 0 Å². The lowest BCUT2D eigenvalue weighted by Crippen LogP contribution is -2.41. The fourth-order valence-corrected chi connectivity index (χ4v) is 3.12. The van der Waals surface area contributed by atoms with Gasteiger partial charge in [-0.3, -0.25) is 14.8 Å². The van der Waals surface area contributed by atoms with Crippen LogP contribution < -0.4 is 10.6 Å². The number of carbonyl (C=O) groups is 1. The van der Waals surface area contributed by atoms with Gasteiger partial charge in [-0.15, -0.1) is 0 Å². The number of nitrogens with zero attached hydrogens (tertiary/aromatic N) is 4. The van der Waals surface area contributed by atoms with Crippen molar-refractivity contribution in [1.82, 2.24) is 30.4 Å². The number of aromatic nitrogens is 4. The molecule has 0 atom stereocenters. The Hall–Kier alpha value is -3.50. The van der Waals surface area contributed by atoms with E-state index in [1.54, 1.807) is 30.5 Å². The predicted octanol–water partition coefficient (Wildman–Crippen LogP) is 2.08. The molecule has 0 aromatic carbocycles. The highest BCUT2D eigenvalue weighted by atomic mass is 16.5. The number of hydrogen-bond donors (Lipinski definition) is 3. The zero-order valence-electron chi connectivity index (χ0n) is 17.3. The number of amides is 1. The summed E-state index contributed by atoms with van der Waals surface area (Å²) in [6, 6.07) is 7.08. The van der Waals surface area contributed by atoms with Gasteiger partial charge in [-0.25, -0.2) is 9.97 Å². The fourth-order valence-electron chi connectivity index (χ4n) is 3.12. The number of furan rings is 1. The molecule has 1 fully saturated rings. The molecule has 10 nitrogen and oxygen atoms in total. The van der Waals surface area contributed by atoms with Crippen molar-refractivity contribution in [1.29, 1.82) is 0 Å². The lowest BCUT2D eigenvalue weighted by Gasteiger charge is -2.26. The SMILES string of the molecule is Cc1cc(Nc2cc(C(=O)NCCN3CCOCC3)nc(/C=C/c3ccco3)n2)n[nH]1. The third-order valence-corrected chi connectivity index (χ3v) is 4.70. The summed E-state index contributed by atoms with van der Waals surface area (Å²) >= 11 is 0. The van der Waals surface area contributed by atoms with Crippen LogP contribution in [0, 0.1) is 6.92 Å². The summed E-state index contributed by atoms with van der Waals surface area (Å²) in [6.07, 6.45) is 5.04. The number of anilines is 2. The first-order valence-electron chi connectivity index (χ1n) is 10.1. The van der Waals surface area contributed by atoms with Crippen LogP contribution in [-0.4, -0.2) is 70.4 Å². The molecule has 1 saturated heterocycles. The Morgan fingerprint density at radius 3 is 2.84 bits per heavy atom. The Labute approximate surface area is 179 Å². The maximum atomic E-state index is 12.7. The van der Waals surface area contributed by atoms with E-state index in [-0.39, 0.29) is 11.6 Å². The first kappa shape index (κ1) is 20.8. The van der Waals surface area contributed by atoms with Gasteiger partial charge in [-0.1, -0.05) is 0 Å². The van der Waals surface area contributed by atoms with Crippen molar-refractivity contribution >= 4 is 29.7 Å². The molecule has 162 valence electrons. The maximum Gasteiger partial charge on any atom is 0.270 e. The van der Waals surface area contributed by atoms with Gasteiger partial charge in [0.05, 0.1) is 19.5 Å². The third kappa shape index (κ3) is 6.00. The Kier molecular flexibility index (Phi) is 6.70. The largest absolute Gasteiger partial charge is 0.465 e. The minimum absolute atomic E-state index is 0.260. The van der Waals surface area contributed by atoms with Crippen LogP contribution in [0.25, 0.3) is 12.2 Å². The van der Waals surface area contributed by atoms with Crippen molar-refractivity contribution in [3.63, 3.8) is 0 Å². The van der Waals surface area contributed by atoms with Crippen molar-refractivity contribution in [3.05, 3.63) is 53.5 Å². The number of nitrogens with one attached hydrogen (secondary N) is 3. The third-order valence-electron chi connectivity index (χ3n) is 4.70. The van der Waals surface area contributed by atoms with Gasteiger partial charge in [-0.2, -0.15) is 5.10 Å². The molecule has 0 spiro atoms. The first-order valence-corrected chi connectivity index (χ1v) is 10.1. The second-order valence-electron chi connectivity index (χ2n) is 7.12. The van der Waals surface area contributed by atoms with E-state index >= 15 is 0 Å². The van der Waals surface area contributed by atoms with Gasteiger partial charge in [0.15, 0.2) is 11.6 Å². The number of aromatic amines is 1. The van der Waals surface area contributed by atoms with E-state index in [1.165, 1.54) is 0 Å². The summed E-state index contributed by atoms with van der Waals surface area (Å²) in [4.78, 5) is 23.9. The summed E-state index contributed by atoms with van der Waals surface area (Å²) in [6.45, 7) is 6.41. The van der Waals surface area contributed by atoms with Gasteiger partial charge >= 0.3 is 0 Å². The molecule has 0 saturated carbocycles. The monoisotopic (exact) mass is 423 g/mol. The second kappa shape index (κ2) is 10.0. The number of morpholine rings is 1. The molecular formula is C21H25N7O3. The second-order valence-corrected chi connectivity index (χ2v) is 7.12. The van der Waals surface area contributed by atoms with Crippen molar-refractivity contribution in [2.45, 2.75) is 6.92 Å². The van der Waals surface area contributed by atoms with Crippen LogP contribution in [0.3, 0.4) is 0 Å². The van der Waals surface area contributed by atoms with E-state index in [4.69, 9.17) is 9.15 Å². The van der Waals surface area contributed by atoms with Crippen molar-refractivity contribution in [3.8, 4) is 0 Å². The van der Waals surface area contributed by atoms with Crippen LogP contribution in [0.2, 0.25) is 0 Å². The van der Waals surface area contributed by atoms with Gasteiger partial charge in [0.1, 0.15) is 17.3 Å². The minimum Gasteiger partial charge on any atom is -0.465 e. The molecule has 1 aliphatic heterocycles. The van der Waals surface area contributed by atoms with Crippen LogP contribution in [-0.2, 0) is 4.74 Å². The molecular weight excluding hydrogens is 398 g/mol. The number of ether oxygens (including phenoxy) is 1. The van der Waals surface area contributed by atoms with E-state index in [9.17, 15) is 4.79 Å². The highest BCUT2D eigenvalue weighted by molar-refractivity contribution is 5.93. The molecule has 10 heteroatoms. The zero-order chi connectivity index (χ0) is 21.5. The summed E-state index contributed by atoms with van der Waals surface area (Å²) in [5.41, 5.74) is 1.18. The van der Waals surface area contributed by atoms with Gasteiger partial charge in [0.25, 0.3) is 5.91 Å². The van der Waals surface area contributed by atoms with Gasteiger partial charge in [0, 0.05) is 44.0 Å². The molecule has 4 heterocycles. The number of rotatable bonds is 8. The molecule has 3 aromatic rings. The predicted molar refractivity (Wildman–Crippen MR) is 116 cm³/mol. The number of carbonyl (C=O) groups excluding carboxylic acids is 1. The first-order chi connectivity index (χ1) is 15.2. The maximum absolute atomic E-state index is 12.7. The average Bonchev–Trinajstić information content (AvgIpc) is 3.44. The molecule has 0 unspecified atom stereocenters. The fraction of sp³-hybridized carbons (Fsp3) is 0.333. The van der Waals surface area contributed by atoms with Crippen molar-refractivity contribution in [2.24, 2.45) is 0 Å². The molecule has 1 amide bonds. The van der Waals surface area contributed by atoms with Crippen LogP contribution in [0.15, 0.2) is 34.9 Å². The average molecular weight is 423 g/mol. The number of aryl methyl sites for hydroxylation is 1. The summed E-state index contributed by atoms with van der Waals surface area (Å²) in [7, 11) is 0. The molecule has 3 N–H and O–H groups in total. The van der Waals surface area contributed by atoms with Crippen molar-refractivity contribution in [2.75, 3.05) is 44.7 Å². The van der Waals surface area contributed by atoms with E-state index in [2.05, 4.69) is 35.7 Å². The highest BCUT2D eigenvalue weighted by Crippen LogP contribution is 2.16. The summed E-state index contributed by atoms with van der Waals surface area (Å²) in [5, 5.41) is 13.1. The summed E-state index contributed by atoms with van der Waals surface area (Å²) < 4.78 is 10.7. The molecule has 1 aliphatic rings. The standard InChI is InChI=1S/C21H25N7O3/c1-15-13-20(27-26-15)25-19-14-17(21(29)22-6-7-28-8-11-30-12-9-28)23-18(24-19)5-4-16-3-2-10-31-16/h2-5,10,13-14H,6-9,11-12H2,1H3,(H,22,29)(H2,23,24,25,26,27)/b5-4+. The Balaban J connectivity index is 1.47. The molecule has 3 aromatic heterocycles. The minimum atomic E-state index is -0.260. The van der Waals surface area contributed by atoms with Crippen LogP contribution >= 0.6 is 0 Å². The summed E-state index contributed by atoms with van der Waals surface area (Å²) in [5.74, 6) is 1.87. The molecule has 0 bridgehead atoms. The highest BCUT2D eigenvalue weighted by Gasteiger charge is 2.14. The Morgan fingerprint density at radius 2 is 2.10 bits per heavy atom. The number of H-pyrrole nitrogens is 1. The Bertz CT molecular complexity index is 1020. The van der Waals surface area contributed by atoms with Gasteiger partial charge < -0.3 is 19.8 Å². The lowest BCUT2D eigenvalue weighted by atomic mass is 10.3. The molecule has 31 heavy (non-hydrogen) atoms. The molecule has 4 rings (SSSR count). The normalized spacial score (nSPS) is 14.7. The van der Waals surface area contributed by atoms with E-state index in [1.807, 2.05) is 19.1 Å². The molecule has 0 aliphatic carbocycles. The Morgan fingerprint density at radius 1 is 1.23 bits per heavy atom. The lowest BCUT2D eigenvalue weighted by molar-refractivity contribution is 0.0383. The topological polar surface area (TPSA) is 121 Å². The quantitative estimate of drug-likeness (QED) is 0.504. The molecule has 0 radical (unpaired) electrons. The van der Waals surface area contributed by atoms with E-state index in [0.717, 1.165) is 38.5 Å². The van der Waals surface area contributed by atoms with Crippen LogP contribution in [0.5, 0.6) is 0 Å².